The van der Waals surface area contributed by atoms with Gasteiger partial charge < -0.3 is 31.4 Å². The number of likely N-dealkylation sites (tertiary alicyclic amines) is 1. The van der Waals surface area contributed by atoms with Gasteiger partial charge in [-0.3, -0.25) is 14.4 Å². The maximum absolute atomic E-state index is 13.5. The van der Waals surface area contributed by atoms with Crippen molar-refractivity contribution >= 4 is 47.2 Å². The van der Waals surface area contributed by atoms with Gasteiger partial charge in [0, 0.05) is 35.8 Å². The molecule has 3 amide bonds. The third-order valence-electron chi connectivity index (χ3n) is 5.76. The van der Waals surface area contributed by atoms with Gasteiger partial charge in [0.05, 0.1) is 6.04 Å². The number of nitrogens with one attached hydrogen (secondary N) is 3. The van der Waals surface area contributed by atoms with Crippen LogP contribution in [0.3, 0.4) is 0 Å². The Morgan fingerprint density at radius 1 is 1.24 bits per heavy atom. The number of para-hydroxylation sites is 1. The molecule has 2 aromatic rings. The third-order valence-corrected chi connectivity index (χ3v) is 6.13. The van der Waals surface area contributed by atoms with Crippen molar-refractivity contribution in [2.45, 2.75) is 50.4 Å². The highest BCUT2D eigenvalue weighted by atomic mass is 32.1. The maximum atomic E-state index is 13.5. The predicted molar refractivity (Wildman–Crippen MR) is 126 cm³/mol. The average Bonchev–Trinajstić information content (AvgIpc) is 3.43. The maximum Gasteiger partial charge on any atom is 0.327 e. The van der Waals surface area contributed by atoms with Crippen LogP contribution < -0.4 is 16.4 Å². The molecular weight excluding hydrogens is 446 g/mol. The fraction of sp³-hybridized carbons (Fsp3) is 0.455. The average molecular weight is 476 g/mol. The molecule has 0 saturated carbocycles. The molecule has 11 heteroatoms. The molecule has 1 aromatic heterocycles. The Kier molecular flexibility index (Phi) is 7.98. The Morgan fingerprint density at radius 2 is 1.97 bits per heavy atom. The highest BCUT2D eigenvalue weighted by Crippen LogP contribution is 2.23. The van der Waals surface area contributed by atoms with Gasteiger partial charge in [0.1, 0.15) is 18.1 Å². The van der Waals surface area contributed by atoms with Crippen molar-refractivity contribution in [2.24, 2.45) is 5.73 Å². The van der Waals surface area contributed by atoms with Crippen LogP contribution in [0.15, 0.2) is 30.5 Å². The second-order valence-electron chi connectivity index (χ2n) is 8.19. The first-order valence-corrected chi connectivity index (χ1v) is 11.4. The van der Waals surface area contributed by atoms with Gasteiger partial charge in [-0.2, -0.15) is 12.6 Å². The lowest BCUT2D eigenvalue weighted by Gasteiger charge is -2.29. The van der Waals surface area contributed by atoms with E-state index < -0.39 is 47.9 Å². The van der Waals surface area contributed by atoms with Gasteiger partial charge in [-0.15, -0.1) is 0 Å². The van der Waals surface area contributed by atoms with Crippen LogP contribution >= 0.6 is 12.6 Å². The third kappa shape index (κ3) is 5.66. The van der Waals surface area contributed by atoms with Crippen LogP contribution in [0.5, 0.6) is 0 Å². The fourth-order valence-corrected chi connectivity index (χ4v) is 4.23. The number of nitrogens with zero attached hydrogens (tertiary/aromatic N) is 1. The number of aromatic nitrogens is 1. The van der Waals surface area contributed by atoms with Gasteiger partial charge in [-0.05, 0) is 31.4 Å². The number of aliphatic carboxylic acids is 1. The van der Waals surface area contributed by atoms with E-state index in [1.165, 1.54) is 11.8 Å². The number of thiol groups is 1. The SMILES string of the molecule is CC(N)C(=O)NC(Cc1c[nH]c2ccccc12)C(=O)N1CCCC1C(=O)NC(CS)C(=O)O. The number of carboxylic acids is 1. The second kappa shape index (κ2) is 10.7. The van der Waals surface area contributed by atoms with Crippen LogP contribution in [0.1, 0.15) is 25.3 Å². The van der Waals surface area contributed by atoms with E-state index in [1.54, 1.807) is 6.20 Å². The Bertz CT molecular complexity index is 1040. The Morgan fingerprint density at radius 3 is 2.64 bits per heavy atom. The summed E-state index contributed by atoms with van der Waals surface area (Å²) in [5, 5.41) is 15.3. The standard InChI is InChI=1S/C22H29N5O5S/c1-12(23)19(28)25-16(9-13-10-24-15-6-3-2-5-14(13)15)21(30)27-8-4-7-18(27)20(29)26-17(11-33)22(31)32/h2-3,5-6,10,12,16-18,24,33H,4,7-9,11,23H2,1H3,(H,25,28)(H,26,29)(H,31,32). The van der Waals surface area contributed by atoms with Crippen molar-refractivity contribution in [3.05, 3.63) is 36.0 Å². The quantitative estimate of drug-likeness (QED) is 0.281. The number of carbonyl (C=O) groups is 4. The van der Waals surface area contributed by atoms with E-state index in [2.05, 4.69) is 28.2 Å². The van der Waals surface area contributed by atoms with Gasteiger partial charge in [0.15, 0.2) is 0 Å². The minimum atomic E-state index is -1.20. The molecule has 4 unspecified atom stereocenters. The lowest BCUT2D eigenvalue weighted by Crippen LogP contribution is -2.57. The summed E-state index contributed by atoms with van der Waals surface area (Å²) >= 11 is 3.97. The van der Waals surface area contributed by atoms with E-state index in [4.69, 9.17) is 5.73 Å². The largest absolute Gasteiger partial charge is 0.480 e. The summed E-state index contributed by atoms with van der Waals surface area (Å²) in [7, 11) is 0. The minimum Gasteiger partial charge on any atom is -0.480 e. The van der Waals surface area contributed by atoms with E-state index in [9.17, 15) is 24.3 Å². The van der Waals surface area contributed by atoms with Crippen LogP contribution in [-0.4, -0.2) is 75.1 Å². The molecule has 1 fully saturated rings. The Balaban J connectivity index is 1.83. The first-order valence-electron chi connectivity index (χ1n) is 10.8. The zero-order valence-corrected chi connectivity index (χ0v) is 19.2. The molecule has 1 saturated heterocycles. The molecule has 4 atom stereocenters. The van der Waals surface area contributed by atoms with Gasteiger partial charge in [-0.1, -0.05) is 18.2 Å². The van der Waals surface area contributed by atoms with Crippen molar-refractivity contribution in [1.82, 2.24) is 20.5 Å². The monoisotopic (exact) mass is 475 g/mol. The molecule has 0 spiro atoms. The van der Waals surface area contributed by atoms with Crippen LogP contribution in [-0.2, 0) is 25.6 Å². The van der Waals surface area contributed by atoms with Crippen LogP contribution in [0.4, 0.5) is 0 Å². The summed E-state index contributed by atoms with van der Waals surface area (Å²) in [6.45, 7) is 1.85. The molecule has 1 aliphatic heterocycles. The molecule has 0 aliphatic carbocycles. The smallest absolute Gasteiger partial charge is 0.327 e. The van der Waals surface area contributed by atoms with Crippen LogP contribution in [0.2, 0.25) is 0 Å². The molecule has 3 rings (SSSR count). The number of fused-ring (bicyclic) bond motifs is 1. The molecular formula is C22H29N5O5S. The van der Waals surface area contributed by atoms with Crippen LogP contribution in [0, 0.1) is 0 Å². The molecule has 0 radical (unpaired) electrons. The topological polar surface area (TPSA) is 158 Å². The second-order valence-corrected chi connectivity index (χ2v) is 8.55. The lowest BCUT2D eigenvalue weighted by atomic mass is 10.0. The molecule has 0 bridgehead atoms. The summed E-state index contributed by atoms with van der Waals surface area (Å²) in [5.74, 6) is -2.71. The van der Waals surface area contributed by atoms with Gasteiger partial charge in [0.25, 0.3) is 0 Å². The summed E-state index contributed by atoms with van der Waals surface area (Å²) in [5.41, 5.74) is 7.45. The van der Waals surface area contributed by atoms with Gasteiger partial charge in [0.2, 0.25) is 17.7 Å². The fourth-order valence-electron chi connectivity index (χ4n) is 3.98. The van der Waals surface area contributed by atoms with Gasteiger partial charge in [-0.25, -0.2) is 4.79 Å². The Labute approximate surface area is 196 Å². The summed E-state index contributed by atoms with van der Waals surface area (Å²) in [6, 6.07) is 3.89. The zero-order valence-electron chi connectivity index (χ0n) is 18.3. The zero-order chi connectivity index (χ0) is 24.1. The number of benzene rings is 1. The van der Waals surface area contributed by atoms with E-state index in [1.807, 2.05) is 24.3 Å². The predicted octanol–water partition coefficient (Wildman–Crippen LogP) is 0.0326. The summed E-state index contributed by atoms with van der Waals surface area (Å²) in [4.78, 5) is 54.5. The molecule has 1 aromatic carbocycles. The molecule has 10 nitrogen and oxygen atoms in total. The number of hydrogen-bond acceptors (Lipinski definition) is 6. The Hall–Kier alpha value is -3.05. The molecule has 1 aliphatic rings. The summed E-state index contributed by atoms with van der Waals surface area (Å²) in [6.07, 6.45) is 2.99. The lowest BCUT2D eigenvalue weighted by molar-refractivity contribution is -0.144. The van der Waals surface area contributed by atoms with E-state index in [0.717, 1.165) is 16.5 Å². The molecule has 33 heavy (non-hydrogen) atoms. The van der Waals surface area contributed by atoms with Crippen molar-refractivity contribution in [3.63, 3.8) is 0 Å². The van der Waals surface area contributed by atoms with E-state index in [-0.39, 0.29) is 12.2 Å². The number of rotatable bonds is 9. The van der Waals surface area contributed by atoms with Crippen molar-refractivity contribution in [2.75, 3.05) is 12.3 Å². The van der Waals surface area contributed by atoms with E-state index >= 15 is 0 Å². The van der Waals surface area contributed by atoms with Gasteiger partial charge >= 0.3 is 5.97 Å². The van der Waals surface area contributed by atoms with Crippen molar-refractivity contribution < 1.29 is 24.3 Å². The van der Waals surface area contributed by atoms with E-state index in [0.29, 0.717) is 19.4 Å². The number of nitrogens with two attached hydrogens (primary N) is 1. The number of hydrogen-bond donors (Lipinski definition) is 6. The molecule has 2 heterocycles. The molecule has 6 N–H and O–H groups in total. The number of amides is 3. The minimum absolute atomic E-state index is 0.0740. The molecule has 178 valence electrons. The highest BCUT2D eigenvalue weighted by molar-refractivity contribution is 7.80. The first kappa shape index (κ1) is 24.6. The van der Waals surface area contributed by atoms with Crippen LogP contribution in [0.25, 0.3) is 10.9 Å². The number of carbonyl (C=O) groups excluding carboxylic acids is 3. The number of aromatic amines is 1. The van der Waals surface area contributed by atoms with Crippen molar-refractivity contribution in [3.8, 4) is 0 Å². The first-order chi connectivity index (χ1) is 15.7. The van der Waals surface area contributed by atoms with Crippen molar-refractivity contribution in [1.29, 1.82) is 0 Å². The summed E-state index contributed by atoms with van der Waals surface area (Å²) < 4.78 is 0. The number of H-pyrrole nitrogens is 1. The number of carboxylic acid groups (broad SMARTS) is 1. The highest BCUT2D eigenvalue weighted by Gasteiger charge is 2.39. The normalized spacial score (nSPS) is 18.5.